The van der Waals surface area contributed by atoms with Gasteiger partial charge in [-0.15, -0.1) is 0 Å². The normalized spacial score (nSPS) is 14.1. The van der Waals surface area contributed by atoms with Crippen molar-refractivity contribution in [2.45, 2.75) is 37.7 Å². The number of benzene rings is 1. The Hall–Kier alpha value is -1.29. The largest absolute Gasteiger partial charge is 0.418 e. The van der Waals surface area contributed by atoms with Gasteiger partial charge in [0, 0.05) is 34.8 Å². The van der Waals surface area contributed by atoms with Crippen molar-refractivity contribution in [1.82, 2.24) is 9.71 Å². The minimum absolute atomic E-state index is 0. The highest BCUT2D eigenvalue weighted by atomic mass is 32.2. The van der Waals surface area contributed by atoms with Crippen LogP contribution in [-0.2, 0) is 17.2 Å². The Labute approximate surface area is 174 Å². The number of hydrogen-bond donors (Lipinski definition) is 1. The molecule has 2 radical (unpaired) electrons. The molecule has 0 fully saturated rings. The summed E-state index contributed by atoms with van der Waals surface area (Å²) in [5.74, 6) is 0. The van der Waals surface area contributed by atoms with Crippen molar-refractivity contribution in [3.8, 4) is 0 Å². The summed E-state index contributed by atoms with van der Waals surface area (Å²) in [6.45, 7) is 5.14. The van der Waals surface area contributed by atoms with Crippen molar-refractivity contribution >= 4 is 40.3 Å². The topological polar surface area (TPSA) is 59.1 Å². The summed E-state index contributed by atoms with van der Waals surface area (Å²) in [4.78, 5) is 14.7. The first kappa shape index (κ1) is 23.7. The third-order valence-corrected chi connectivity index (χ3v) is 5.17. The lowest BCUT2D eigenvalue weighted by Crippen LogP contribution is -2.37. The molecule has 27 heavy (non-hydrogen) atoms. The molecule has 142 valence electrons. The Balaban J connectivity index is 0.00000364. The zero-order chi connectivity index (χ0) is 19.5. The number of halogens is 3. The molecule has 1 heterocycles. The molecule has 1 aromatic heterocycles. The van der Waals surface area contributed by atoms with Crippen molar-refractivity contribution < 1.29 is 22.2 Å². The van der Waals surface area contributed by atoms with E-state index in [9.17, 15) is 22.2 Å². The number of nitrogens with one attached hydrogen (secondary N) is 1. The molecule has 0 spiro atoms. The molecule has 0 aliphatic carbocycles. The monoisotopic (exact) mass is 408 g/mol. The maximum atomic E-state index is 13.4. The van der Waals surface area contributed by atoms with Gasteiger partial charge in [0.1, 0.15) is 6.29 Å². The van der Waals surface area contributed by atoms with Crippen LogP contribution in [0.5, 0.6) is 0 Å². The molecule has 2 aromatic rings. The summed E-state index contributed by atoms with van der Waals surface area (Å²) >= 11 is 0. The van der Waals surface area contributed by atoms with Crippen LogP contribution in [0.15, 0.2) is 42.6 Å². The van der Waals surface area contributed by atoms with Crippen molar-refractivity contribution in [1.29, 1.82) is 0 Å². The number of aromatic nitrogens is 1. The van der Waals surface area contributed by atoms with Crippen molar-refractivity contribution in [2.24, 2.45) is 0 Å². The number of aldehydes is 1. The van der Waals surface area contributed by atoms with E-state index in [1.54, 1.807) is 20.8 Å². The van der Waals surface area contributed by atoms with Gasteiger partial charge < -0.3 is 0 Å². The first-order valence-corrected chi connectivity index (χ1v) is 8.94. The molecule has 0 bridgehead atoms. The standard InChI is InChI=1S/C18H19F3N2O2S.Mg/c1-17(2,3)26(25)23-15(13-8-6-12(11-24)7-9-13)16-14(18(19,20)21)5-4-10-22-16;/h4-11,15,23H,1-3H3;/t15-,26-;/m0./s1. The van der Waals surface area contributed by atoms with Gasteiger partial charge in [-0.05, 0) is 38.5 Å². The van der Waals surface area contributed by atoms with Crippen LogP contribution in [-0.4, -0.2) is 43.3 Å². The van der Waals surface area contributed by atoms with E-state index in [0.717, 1.165) is 6.07 Å². The van der Waals surface area contributed by atoms with Crippen LogP contribution in [0.1, 0.15) is 54.0 Å². The number of rotatable bonds is 5. The minimum atomic E-state index is -4.60. The van der Waals surface area contributed by atoms with Crippen molar-refractivity contribution in [2.75, 3.05) is 0 Å². The summed E-state index contributed by atoms with van der Waals surface area (Å²) in [6.07, 6.45) is -2.70. The van der Waals surface area contributed by atoms with E-state index in [1.807, 2.05) is 0 Å². The molecule has 0 unspecified atom stereocenters. The average Bonchev–Trinajstić information content (AvgIpc) is 2.58. The van der Waals surface area contributed by atoms with Gasteiger partial charge in [-0.1, -0.05) is 24.3 Å². The lowest BCUT2D eigenvalue weighted by atomic mass is 9.99. The first-order valence-electron chi connectivity index (χ1n) is 7.79. The van der Waals surface area contributed by atoms with Crippen LogP contribution in [0.4, 0.5) is 13.2 Å². The highest BCUT2D eigenvalue weighted by molar-refractivity contribution is 7.84. The Morgan fingerprint density at radius 1 is 1.11 bits per heavy atom. The van der Waals surface area contributed by atoms with Gasteiger partial charge in [-0.3, -0.25) is 9.78 Å². The van der Waals surface area contributed by atoms with E-state index in [2.05, 4.69) is 9.71 Å². The Bertz CT molecular complexity index is 805. The van der Waals surface area contributed by atoms with E-state index in [4.69, 9.17) is 0 Å². The average molecular weight is 409 g/mol. The number of hydrogen-bond acceptors (Lipinski definition) is 3. The van der Waals surface area contributed by atoms with E-state index < -0.39 is 33.5 Å². The summed E-state index contributed by atoms with van der Waals surface area (Å²) in [5, 5.41) is 0. The highest BCUT2D eigenvalue weighted by Gasteiger charge is 2.37. The van der Waals surface area contributed by atoms with Gasteiger partial charge in [0.25, 0.3) is 0 Å². The lowest BCUT2D eigenvalue weighted by Gasteiger charge is -2.26. The number of alkyl halides is 3. The molecule has 0 saturated carbocycles. The van der Waals surface area contributed by atoms with Crippen LogP contribution < -0.4 is 4.72 Å². The second-order valence-electron chi connectivity index (χ2n) is 6.65. The fraction of sp³-hybridized carbons (Fsp3) is 0.333. The van der Waals surface area contributed by atoms with E-state index in [-0.39, 0.29) is 28.7 Å². The van der Waals surface area contributed by atoms with Crippen LogP contribution in [0.3, 0.4) is 0 Å². The molecule has 4 nitrogen and oxygen atoms in total. The van der Waals surface area contributed by atoms with Gasteiger partial charge >= 0.3 is 6.18 Å². The second-order valence-corrected chi connectivity index (χ2v) is 8.65. The fourth-order valence-electron chi connectivity index (χ4n) is 2.22. The molecule has 9 heteroatoms. The molecule has 0 aliphatic rings. The number of carbonyl (C=O) groups excluding carboxylic acids is 1. The maximum absolute atomic E-state index is 13.4. The zero-order valence-electron chi connectivity index (χ0n) is 15.2. The molecular weight excluding hydrogens is 390 g/mol. The fourth-order valence-corrected chi connectivity index (χ4v) is 3.04. The number of pyridine rings is 1. The highest BCUT2D eigenvalue weighted by Crippen LogP contribution is 2.36. The lowest BCUT2D eigenvalue weighted by molar-refractivity contribution is -0.138. The van der Waals surface area contributed by atoms with Crippen LogP contribution in [0.25, 0.3) is 0 Å². The van der Waals surface area contributed by atoms with Gasteiger partial charge in [0.05, 0.1) is 33.0 Å². The van der Waals surface area contributed by atoms with Crippen molar-refractivity contribution in [3.63, 3.8) is 0 Å². The number of carbonyl (C=O) groups is 1. The first-order chi connectivity index (χ1) is 12.0. The van der Waals surface area contributed by atoms with Crippen molar-refractivity contribution in [3.05, 3.63) is 65.0 Å². The Morgan fingerprint density at radius 2 is 1.70 bits per heavy atom. The molecule has 2 atom stereocenters. The molecule has 0 amide bonds. The maximum Gasteiger partial charge on any atom is 0.418 e. The predicted octanol–water partition coefficient (Wildman–Crippen LogP) is 3.67. The zero-order valence-corrected chi connectivity index (χ0v) is 17.4. The van der Waals surface area contributed by atoms with E-state index >= 15 is 0 Å². The Morgan fingerprint density at radius 3 is 2.19 bits per heavy atom. The second kappa shape index (κ2) is 9.27. The van der Waals surface area contributed by atoms with Crippen LogP contribution >= 0.6 is 0 Å². The Kier molecular flexibility index (Phi) is 8.15. The molecule has 0 aliphatic heterocycles. The molecule has 0 saturated heterocycles. The van der Waals surface area contributed by atoms with Gasteiger partial charge in [0.2, 0.25) is 0 Å². The van der Waals surface area contributed by atoms with Gasteiger partial charge in [0.15, 0.2) is 0 Å². The van der Waals surface area contributed by atoms with Crippen LogP contribution in [0, 0.1) is 0 Å². The molecule has 1 N–H and O–H groups in total. The predicted molar refractivity (Wildman–Crippen MR) is 99.7 cm³/mol. The summed E-state index contributed by atoms with van der Waals surface area (Å²) in [5.41, 5.74) is -0.349. The third kappa shape index (κ3) is 6.10. The third-order valence-electron chi connectivity index (χ3n) is 3.60. The summed E-state index contributed by atoms with van der Waals surface area (Å²) < 4.78 is 54.9. The van der Waals surface area contributed by atoms with Crippen LogP contribution in [0.2, 0.25) is 0 Å². The minimum Gasteiger partial charge on any atom is -0.298 e. The molecular formula is C18H19F3MgN2O2S. The van der Waals surface area contributed by atoms with Gasteiger partial charge in [-0.25, -0.2) is 8.93 Å². The molecule has 2 rings (SSSR count). The smallest absolute Gasteiger partial charge is 0.298 e. The van der Waals surface area contributed by atoms with E-state index in [1.165, 1.54) is 36.5 Å². The van der Waals surface area contributed by atoms with E-state index in [0.29, 0.717) is 17.4 Å². The molecule has 1 aromatic carbocycles. The SMILES string of the molecule is CC(C)(C)[S@](=O)N[C@@H](c1ccc(C=O)cc1)c1ncccc1C(F)(F)F.[Mg]. The summed E-state index contributed by atoms with van der Waals surface area (Å²) in [6, 6.07) is 7.14. The van der Waals surface area contributed by atoms with Gasteiger partial charge in [-0.2, -0.15) is 13.2 Å². The summed E-state index contributed by atoms with van der Waals surface area (Å²) in [7, 11) is -1.64. The quantitative estimate of drug-likeness (QED) is 0.606. The number of nitrogens with zero attached hydrogens (tertiary/aromatic N) is 1.